The van der Waals surface area contributed by atoms with E-state index in [2.05, 4.69) is 24.9 Å². The van der Waals surface area contributed by atoms with Crippen molar-refractivity contribution < 1.29 is 0 Å². The Kier molecular flexibility index (Phi) is 5.33. The molecule has 1 aromatic rings. The molecule has 2 heteroatoms. The Morgan fingerprint density at radius 2 is 2.13 bits per heavy atom. The van der Waals surface area contributed by atoms with Crippen LogP contribution >= 0.6 is 0 Å². The van der Waals surface area contributed by atoms with Crippen molar-refractivity contribution in [1.29, 1.82) is 0 Å². The van der Waals surface area contributed by atoms with Crippen molar-refractivity contribution in [2.75, 3.05) is 0 Å². The lowest BCUT2D eigenvalue weighted by molar-refractivity contribution is 0.401. The molecule has 84 valence electrons. The molecular weight excluding hydrogens is 184 g/mol. The number of aromatic nitrogens is 1. The van der Waals surface area contributed by atoms with Gasteiger partial charge in [0, 0.05) is 17.9 Å². The molecule has 0 fully saturated rings. The normalized spacial score (nSPS) is 14.9. The third-order valence-corrected chi connectivity index (χ3v) is 2.93. The zero-order valence-electron chi connectivity index (χ0n) is 9.82. The van der Waals surface area contributed by atoms with Crippen LogP contribution in [0.25, 0.3) is 0 Å². The van der Waals surface area contributed by atoms with Gasteiger partial charge in [-0.1, -0.05) is 26.3 Å². The number of hydrogen-bond donors (Lipinski definition) is 1. The van der Waals surface area contributed by atoms with E-state index < -0.39 is 0 Å². The molecular formula is C13H22N2. The number of nitrogens with zero attached hydrogens (tertiary/aromatic N) is 1. The summed E-state index contributed by atoms with van der Waals surface area (Å²) < 4.78 is 0. The van der Waals surface area contributed by atoms with Crippen LogP contribution in [0.2, 0.25) is 0 Å². The van der Waals surface area contributed by atoms with Crippen LogP contribution in [0.15, 0.2) is 24.4 Å². The fourth-order valence-electron chi connectivity index (χ4n) is 1.81. The molecule has 1 rings (SSSR count). The van der Waals surface area contributed by atoms with Crippen LogP contribution in [0, 0.1) is 5.92 Å². The summed E-state index contributed by atoms with van der Waals surface area (Å²) in [5, 5.41) is 0. The largest absolute Gasteiger partial charge is 0.327 e. The number of nitrogens with two attached hydrogens (primary N) is 1. The lowest BCUT2D eigenvalue weighted by Gasteiger charge is -2.18. The molecule has 2 atom stereocenters. The van der Waals surface area contributed by atoms with Crippen molar-refractivity contribution in [3.05, 3.63) is 30.1 Å². The van der Waals surface area contributed by atoms with Gasteiger partial charge >= 0.3 is 0 Å². The quantitative estimate of drug-likeness (QED) is 0.777. The van der Waals surface area contributed by atoms with Gasteiger partial charge in [-0.25, -0.2) is 0 Å². The van der Waals surface area contributed by atoms with Crippen LogP contribution in [0.4, 0.5) is 0 Å². The summed E-state index contributed by atoms with van der Waals surface area (Å²) in [7, 11) is 0. The molecule has 0 bridgehead atoms. The first-order chi connectivity index (χ1) is 7.24. The molecule has 2 unspecified atom stereocenters. The molecule has 0 aliphatic rings. The van der Waals surface area contributed by atoms with Gasteiger partial charge in [-0.15, -0.1) is 0 Å². The fourth-order valence-corrected chi connectivity index (χ4v) is 1.81. The fraction of sp³-hybridized carbons (Fsp3) is 0.615. The molecule has 15 heavy (non-hydrogen) atoms. The summed E-state index contributed by atoms with van der Waals surface area (Å²) in [4.78, 5) is 4.30. The molecule has 2 nitrogen and oxygen atoms in total. The topological polar surface area (TPSA) is 38.9 Å². The summed E-state index contributed by atoms with van der Waals surface area (Å²) >= 11 is 0. The SMILES string of the molecule is CCCC(C)C(N)CCc1ccccn1. The smallest absolute Gasteiger partial charge is 0.0404 e. The molecule has 0 saturated heterocycles. The van der Waals surface area contributed by atoms with Crippen molar-refractivity contribution in [1.82, 2.24) is 4.98 Å². The first kappa shape index (κ1) is 12.2. The predicted molar refractivity (Wildman–Crippen MR) is 64.6 cm³/mol. The Hall–Kier alpha value is -0.890. The van der Waals surface area contributed by atoms with Gasteiger partial charge in [0.1, 0.15) is 0 Å². The van der Waals surface area contributed by atoms with E-state index in [1.54, 1.807) is 0 Å². The molecule has 0 spiro atoms. The maximum atomic E-state index is 6.12. The minimum atomic E-state index is 0.312. The molecule has 1 aromatic heterocycles. The van der Waals surface area contributed by atoms with E-state index in [9.17, 15) is 0 Å². The zero-order valence-corrected chi connectivity index (χ0v) is 9.82. The Labute approximate surface area is 92.9 Å². The molecule has 2 N–H and O–H groups in total. The first-order valence-corrected chi connectivity index (χ1v) is 5.89. The highest BCUT2D eigenvalue weighted by atomic mass is 14.7. The third-order valence-electron chi connectivity index (χ3n) is 2.93. The van der Waals surface area contributed by atoms with Crippen LogP contribution < -0.4 is 5.73 Å². The molecule has 0 aromatic carbocycles. The molecule has 0 amide bonds. The lowest BCUT2D eigenvalue weighted by atomic mass is 9.93. The molecule has 0 aliphatic heterocycles. The van der Waals surface area contributed by atoms with Gasteiger partial charge in [0.25, 0.3) is 0 Å². The Morgan fingerprint density at radius 1 is 1.33 bits per heavy atom. The Bertz CT molecular complexity index is 258. The van der Waals surface area contributed by atoms with E-state index in [4.69, 9.17) is 5.73 Å². The highest BCUT2D eigenvalue weighted by Crippen LogP contribution is 2.13. The van der Waals surface area contributed by atoms with Gasteiger partial charge < -0.3 is 5.73 Å². The molecule has 0 saturated carbocycles. The van der Waals surface area contributed by atoms with E-state index in [-0.39, 0.29) is 0 Å². The van der Waals surface area contributed by atoms with Crippen LogP contribution in [0.1, 0.15) is 38.8 Å². The lowest BCUT2D eigenvalue weighted by Crippen LogP contribution is -2.28. The van der Waals surface area contributed by atoms with Crippen molar-refractivity contribution in [2.24, 2.45) is 11.7 Å². The number of hydrogen-bond acceptors (Lipinski definition) is 2. The number of rotatable bonds is 6. The van der Waals surface area contributed by atoms with Crippen LogP contribution in [-0.2, 0) is 6.42 Å². The minimum Gasteiger partial charge on any atom is -0.327 e. The van der Waals surface area contributed by atoms with Crippen molar-refractivity contribution >= 4 is 0 Å². The van der Waals surface area contributed by atoms with Crippen molar-refractivity contribution in [2.45, 2.75) is 45.6 Å². The average molecular weight is 206 g/mol. The summed E-state index contributed by atoms with van der Waals surface area (Å²) in [5.74, 6) is 0.624. The minimum absolute atomic E-state index is 0.312. The van der Waals surface area contributed by atoms with E-state index in [1.807, 2.05) is 18.3 Å². The van der Waals surface area contributed by atoms with Gasteiger partial charge in [0.2, 0.25) is 0 Å². The summed E-state index contributed by atoms with van der Waals surface area (Å²) in [6, 6.07) is 6.36. The van der Waals surface area contributed by atoms with Gasteiger partial charge in [-0.05, 0) is 37.3 Å². The Morgan fingerprint density at radius 3 is 2.73 bits per heavy atom. The van der Waals surface area contributed by atoms with E-state index in [1.165, 1.54) is 12.8 Å². The molecule has 1 heterocycles. The second-order valence-electron chi connectivity index (χ2n) is 4.29. The van der Waals surface area contributed by atoms with E-state index in [0.717, 1.165) is 18.5 Å². The molecule has 0 aliphatic carbocycles. The number of pyridine rings is 1. The van der Waals surface area contributed by atoms with E-state index >= 15 is 0 Å². The average Bonchev–Trinajstić information content (AvgIpc) is 2.27. The summed E-state index contributed by atoms with van der Waals surface area (Å²) in [6.07, 6.45) is 6.33. The molecule has 0 radical (unpaired) electrons. The van der Waals surface area contributed by atoms with Gasteiger partial charge in [-0.2, -0.15) is 0 Å². The van der Waals surface area contributed by atoms with Crippen molar-refractivity contribution in [3.63, 3.8) is 0 Å². The monoisotopic (exact) mass is 206 g/mol. The van der Waals surface area contributed by atoms with Crippen molar-refractivity contribution in [3.8, 4) is 0 Å². The Balaban J connectivity index is 2.31. The first-order valence-electron chi connectivity index (χ1n) is 5.89. The second-order valence-corrected chi connectivity index (χ2v) is 4.29. The summed E-state index contributed by atoms with van der Waals surface area (Å²) in [5.41, 5.74) is 7.27. The van der Waals surface area contributed by atoms with Gasteiger partial charge in [-0.3, -0.25) is 4.98 Å². The maximum absolute atomic E-state index is 6.12. The van der Waals surface area contributed by atoms with E-state index in [0.29, 0.717) is 12.0 Å². The van der Waals surface area contributed by atoms with Crippen LogP contribution in [-0.4, -0.2) is 11.0 Å². The summed E-state index contributed by atoms with van der Waals surface area (Å²) in [6.45, 7) is 4.45. The number of aryl methyl sites for hydroxylation is 1. The highest BCUT2D eigenvalue weighted by Gasteiger charge is 2.11. The standard InChI is InChI=1S/C13H22N2/c1-3-6-11(2)13(14)9-8-12-7-4-5-10-15-12/h4-5,7,10-11,13H,3,6,8-9,14H2,1-2H3. The zero-order chi connectivity index (χ0) is 11.1. The van der Waals surface area contributed by atoms with Gasteiger partial charge in [0.05, 0.1) is 0 Å². The third kappa shape index (κ3) is 4.43. The predicted octanol–water partition coefficient (Wildman–Crippen LogP) is 2.78. The van der Waals surface area contributed by atoms with Gasteiger partial charge in [0.15, 0.2) is 0 Å². The second kappa shape index (κ2) is 6.57. The van der Waals surface area contributed by atoms with Crippen LogP contribution in [0.5, 0.6) is 0 Å². The highest BCUT2D eigenvalue weighted by molar-refractivity contribution is 5.03. The maximum Gasteiger partial charge on any atom is 0.0404 e. The van der Waals surface area contributed by atoms with Crippen LogP contribution in [0.3, 0.4) is 0 Å².